The predicted molar refractivity (Wildman–Crippen MR) is 140 cm³/mol. The lowest BCUT2D eigenvalue weighted by molar-refractivity contribution is -0.118. The van der Waals surface area contributed by atoms with Gasteiger partial charge in [-0.05, 0) is 101 Å². The average Bonchev–Trinajstić information content (AvgIpc) is 3.46. The molecular weight excluding hydrogens is 474 g/mol. The van der Waals surface area contributed by atoms with Crippen molar-refractivity contribution in [2.24, 2.45) is 0 Å². The van der Waals surface area contributed by atoms with Crippen molar-refractivity contribution in [1.29, 1.82) is 0 Å². The van der Waals surface area contributed by atoms with Crippen LogP contribution in [0.15, 0.2) is 41.6 Å². The highest BCUT2D eigenvalue weighted by Gasteiger charge is 2.28. The van der Waals surface area contributed by atoms with E-state index in [1.165, 1.54) is 5.56 Å². The molecule has 192 valence electrons. The van der Waals surface area contributed by atoms with Gasteiger partial charge >= 0.3 is 0 Å². The minimum absolute atomic E-state index is 0.0229. The number of amides is 1. The van der Waals surface area contributed by atoms with Crippen LogP contribution in [-0.2, 0) is 34.1 Å². The molecule has 1 amide bonds. The van der Waals surface area contributed by atoms with Gasteiger partial charge in [0.05, 0.1) is 12.1 Å². The second kappa shape index (κ2) is 10.1. The van der Waals surface area contributed by atoms with Crippen molar-refractivity contribution in [2.75, 3.05) is 14.1 Å². The molecule has 3 aromatic rings. The number of benzene rings is 1. The molecule has 8 nitrogen and oxygen atoms in total. The number of aryl methyl sites for hydroxylation is 2. The van der Waals surface area contributed by atoms with Gasteiger partial charge in [0.1, 0.15) is 0 Å². The van der Waals surface area contributed by atoms with Gasteiger partial charge in [0.25, 0.3) is 10.0 Å². The van der Waals surface area contributed by atoms with Crippen LogP contribution < -0.4 is 4.72 Å². The van der Waals surface area contributed by atoms with Gasteiger partial charge in [-0.3, -0.25) is 14.5 Å². The zero-order valence-electron chi connectivity index (χ0n) is 21.9. The number of rotatable bonds is 8. The van der Waals surface area contributed by atoms with Gasteiger partial charge in [0, 0.05) is 30.0 Å². The number of aromatic nitrogens is 3. The summed E-state index contributed by atoms with van der Waals surface area (Å²) in [5.74, 6) is -0.566. The lowest BCUT2D eigenvalue weighted by Crippen LogP contribution is -2.32. The third-order valence-corrected chi connectivity index (χ3v) is 8.15. The zero-order valence-corrected chi connectivity index (χ0v) is 22.7. The number of nitrogens with zero attached hydrogens (tertiary/aromatic N) is 4. The van der Waals surface area contributed by atoms with E-state index >= 15 is 0 Å². The third kappa shape index (κ3) is 5.22. The van der Waals surface area contributed by atoms with Gasteiger partial charge in [-0.25, -0.2) is 4.72 Å². The van der Waals surface area contributed by atoms with E-state index < -0.39 is 15.9 Å². The van der Waals surface area contributed by atoms with E-state index in [-0.39, 0.29) is 23.5 Å². The molecule has 0 fully saturated rings. The highest BCUT2D eigenvalue weighted by atomic mass is 32.2. The predicted octanol–water partition coefficient (Wildman–Crippen LogP) is 3.99. The van der Waals surface area contributed by atoms with Crippen LogP contribution in [-0.4, -0.2) is 48.1 Å². The standard InChI is InChI=1S/C27H35N5O3S/c1-17(2)32-25(19(4)31(5)6)16-27(29-32)36(34,35)30-26(33)15-24-22-9-7-8-20(22)10-11-23(24)21-12-13-28-18(3)14-21/h10-14,16-17,19H,7-9,15H2,1-6H3,(H,30,33). The van der Waals surface area contributed by atoms with E-state index in [2.05, 4.69) is 20.9 Å². The second-order valence-corrected chi connectivity index (χ2v) is 11.7. The maximum atomic E-state index is 13.2. The van der Waals surface area contributed by atoms with Gasteiger partial charge in [-0.1, -0.05) is 12.1 Å². The van der Waals surface area contributed by atoms with Crippen molar-refractivity contribution < 1.29 is 13.2 Å². The van der Waals surface area contributed by atoms with Crippen LogP contribution in [0.1, 0.15) is 67.4 Å². The van der Waals surface area contributed by atoms with Crippen LogP contribution in [0.5, 0.6) is 0 Å². The van der Waals surface area contributed by atoms with E-state index in [4.69, 9.17) is 0 Å². The topological polar surface area (TPSA) is 97.2 Å². The lowest BCUT2D eigenvalue weighted by Gasteiger charge is -2.22. The van der Waals surface area contributed by atoms with E-state index in [1.807, 2.05) is 64.9 Å². The smallest absolute Gasteiger partial charge is 0.283 e. The van der Waals surface area contributed by atoms with Crippen LogP contribution in [0.3, 0.4) is 0 Å². The molecule has 0 radical (unpaired) electrons. The quantitative estimate of drug-likeness (QED) is 0.493. The lowest BCUT2D eigenvalue weighted by atomic mass is 9.91. The highest BCUT2D eigenvalue weighted by Crippen LogP contribution is 2.34. The molecule has 0 saturated carbocycles. The van der Waals surface area contributed by atoms with Crippen molar-refractivity contribution >= 4 is 15.9 Å². The van der Waals surface area contributed by atoms with Crippen molar-refractivity contribution in [3.8, 4) is 11.1 Å². The molecule has 0 spiro atoms. The van der Waals surface area contributed by atoms with Gasteiger partial charge in [-0.15, -0.1) is 0 Å². The summed E-state index contributed by atoms with van der Waals surface area (Å²) in [6.07, 6.45) is 4.61. The molecule has 2 heterocycles. The summed E-state index contributed by atoms with van der Waals surface area (Å²) in [5, 5.41) is 4.22. The third-order valence-electron chi connectivity index (χ3n) is 6.90. The summed E-state index contributed by atoms with van der Waals surface area (Å²) in [6.45, 7) is 7.82. The maximum Gasteiger partial charge on any atom is 0.283 e. The molecule has 9 heteroatoms. The molecule has 1 aliphatic rings. The largest absolute Gasteiger partial charge is 0.301 e. The summed E-state index contributed by atoms with van der Waals surface area (Å²) in [5.41, 5.74) is 6.85. The fraction of sp³-hybridized carbons (Fsp3) is 0.444. The highest BCUT2D eigenvalue weighted by molar-refractivity contribution is 7.90. The average molecular weight is 510 g/mol. The fourth-order valence-electron chi connectivity index (χ4n) is 4.83. The Morgan fingerprint density at radius 2 is 1.89 bits per heavy atom. The van der Waals surface area contributed by atoms with Crippen LogP contribution in [0.25, 0.3) is 11.1 Å². The van der Waals surface area contributed by atoms with Crippen LogP contribution >= 0.6 is 0 Å². The Bertz CT molecular complexity index is 1390. The Hall–Kier alpha value is -3.04. The number of hydrogen-bond donors (Lipinski definition) is 1. The van der Waals surface area contributed by atoms with Crippen molar-refractivity contribution in [3.63, 3.8) is 0 Å². The molecule has 1 aliphatic carbocycles. The first kappa shape index (κ1) is 26.0. The molecule has 0 saturated heterocycles. The Labute approximate surface area is 213 Å². The zero-order chi connectivity index (χ0) is 26.2. The number of pyridine rings is 1. The van der Waals surface area contributed by atoms with E-state index in [0.29, 0.717) is 0 Å². The normalized spacial score (nSPS) is 14.3. The fourth-order valence-corrected chi connectivity index (χ4v) is 5.78. The Balaban J connectivity index is 1.65. The number of sulfonamides is 1. The minimum Gasteiger partial charge on any atom is -0.301 e. The van der Waals surface area contributed by atoms with Crippen molar-refractivity contribution in [1.82, 2.24) is 24.4 Å². The van der Waals surface area contributed by atoms with Gasteiger partial charge < -0.3 is 4.90 Å². The summed E-state index contributed by atoms with van der Waals surface area (Å²) in [7, 11) is -0.274. The molecule has 1 atom stereocenters. The number of carbonyl (C=O) groups is 1. The Morgan fingerprint density at radius 3 is 2.56 bits per heavy atom. The van der Waals surface area contributed by atoms with Crippen molar-refractivity contribution in [3.05, 3.63) is 64.6 Å². The van der Waals surface area contributed by atoms with Crippen LogP contribution in [0.4, 0.5) is 0 Å². The van der Waals surface area contributed by atoms with E-state index in [0.717, 1.165) is 52.9 Å². The SMILES string of the molecule is Cc1cc(-c2ccc3c(c2CC(=O)NS(=O)(=O)c2cc(C(C)N(C)C)n(C(C)C)n2)CCC3)ccn1. The monoisotopic (exact) mass is 509 g/mol. The number of carbonyl (C=O) groups excluding carboxylic acids is 1. The minimum atomic E-state index is -4.13. The number of nitrogens with one attached hydrogen (secondary N) is 1. The molecule has 1 aromatic carbocycles. The molecule has 36 heavy (non-hydrogen) atoms. The first-order valence-electron chi connectivity index (χ1n) is 12.4. The van der Waals surface area contributed by atoms with Crippen molar-refractivity contribution in [2.45, 2.75) is 70.5 Å². The Kier molecular flexibility index (Phi) is 7.33. The molecule has 2 aromatic heterocycles. The van der Waals surface area contributed by atoms with E-state index in [1.54, 1.807) is 16.9 Å². The maximum absolute atomic E-state index is 13.2. The first-order valence-corrected chi connectivity index (χ1v) is 13.8. The van der Waals surface area contributed by atoms with E-state index in [9.17, 15) is 13.2 Å². The van der Waals surface area contributed by atoms with Gasteiger partial charge in [0.15, 0.2) is 5.03 Å². The van der Waals surface area contributed by atoms with Crippen LogP contribution in [0.2, 0.25) is 0 Å². The molecule has 0 bridgehead atoms. The summed E-state index contributed by atoms with van der Waals surface area (Å²) in [4.78, 5) is 19.4. The molecular formula is C27H35N5O3S. The molecule has 1 N–H and O–H groups in total. The van der Waals surface area contributed by atoms with Crippen LogP contribution in [0, 0.1) is 6.92 Å². The summed E-state index contributed by atoms with van der Waals surface area (Å²) in [6, 6.07) is 9.56. The molecule has 4 rings (SSSR count). The molecule has 1 unspecified atom stereocenters. The Morgan fingerprint density at radius 1 is 1.14 bits per heavy atom. The summed E-state index contributed by atoms with van der Waals surface area (Å²) < 4.78 is 30.4. The van der Waals surface area contributed by atoms with Gasteiger partial charge in [0.2, 0.25) is 5.91 Å². The van der Waals surface area contributed by atoms with Gasteiger partial charge in [-0.2, -0.15) is 13.5 Å². The second-order valence-electron chi connectivity index (χ2n) is 10.1. The number of fused-ring (bicyclic) bond motifs is 1. The number of hydrogen-bond acceptors (Lipinski definition) is 6. The first-order chi connectivity index (χ1) is 17.0. The summed E-state index contributed by atoms with van der Waals surface area (Å²) >= 11 is 0. The molecule has 0 aliphatic heterocycles.